The van der Waals surface area contributed by atoms with E-state index in [1.54, 1.807) is 17.4 Å². The quantitative estimate of drug-likeness (QED) is 0.933. The number of nitrogens with two attached hydrogens (primary N) is 1. The van der Waals surface area contributed by atoms with Crippen molar-refractivity contribution in [1.82, 2.24) is 4.98 Å². The number of hydrogen-bond acceptors (Lipinski definition) is 3. The second-order valence-electron chi connectivity index (χ2n) is 4.26. The zero-order valence-corrected chi connectivity index (χ0v) is 12.4. The molecule has 1 atom stereocenters. The molecule has 0 saturated heterocycles. The molecule has 2 rings (SSSR count). The van der Waals surface area contributed by atoms with Gasteiger partial charge in [0.25, 0.3) is 0 Å². The molecular weight excluding hydrogens is 315 g/mol. The number of benzene rings is 1. The molecule has 1 unspecified atom stereocenters. The zero-order chi connectivity index (χ0) is 13.1. The van der Waals surface area contributed by atoms with E-state index in [0.29, 0.717) is 10.9 Å². The summed E-state index contributed by atoms with van der Waals surface area (Å²) in [5, 5.41) is 3.05. The normalized spacial score (nSPS) is 12.7. The molecule has 0 aliphatic carbocycles. The van der Waals surface area contributed by atoms with Crippen LogP contribution in [0, 0.1) is 12.7 Å². The van der Waals surface area contributed by atoms with Crippen molar-refractivity contribution in [1.29, 1.82) is 0 Å². The first-order chi connectivity index (χ1) is 8.56. The van der Waals surface area contributed by atoms with Crippen molar-refractivity contribution in [2.75, 3.05) is 0 Å². The molecule has 2 N–H and O–H groups in total. The average molecular weight is 329 g/mol. The molecule has 1 aromatic carbocycles. The number of nitrogens with zero attached hydrogens (tertiary/aromatic N) is 1. The molecule has 18 heavy (non-hydrogen) atoms. The molecule has 2 aromatic rings. The number of aryl methyl sites for hydroxylation is 1. The summed E-state index contributed by atoms with van der Waals surface area (Å²) in [6, 6.07) is 4.98. The summed E-state index contributed by atoms with van der Waals surface area (Å²) in [4.78, 5) is 4.38. The summed E-state index contributed by atoms with van der Waals surface area (Å²) in [5.74, 6) is -0.246. The second-order valence-corrected chi connectivity index (χ2v) is 6.00. The van der Waals surface area contributed by atoms with Gasteiger partial charge in [-0.05, 0) is 40.9 Å². The Morgan fingerprint density at radius 2 is 2.22 bits per heavy atom. The number of rotatable bonds is 4. The van der Waals surface area contributed by atoms with Crippen LogP contribution in [-0.4, -0.2) is 11.0 Å². The molecule has 5 heteroatoms. The summed E-state index contributed by atoms with van der Waals surface area (Å²) in [7, 11) is 0. The minimum Gasteiger partial charge on any atom is -0.327 e. The lowest BCUT2D eigenvalue weighted by atomic mass is 10.0. The van der Waals surface area contributed by atoms with E-state index >= 15 is 0 Å². The number of aromatic nitrogens is 1. The molecule has 0 saturated carbocycles. The van der Waals surface area contributed by atoms with Gasteiger partial charge in [0.15, 0.2) is 0 Å². The fourth-order valence-corrected chi connectivity index (χ4v) is 3.07. The minimum absolute atomic E-state index is 0.0475. The SMILES string of the molecule is Cc1csc(CC(N)Cc2cccc(F)c2Br)n1. The molecule has 1 aromatic heterocycles. The van der Waals surface area contributed by atoms with Crippen molar-refractivity contribution < 1.29 is 4.39 Å². The predicted octanol–water partition coefficient (Wildman–Crippen LogP) is 3.47. The summed E-state index contributed by atoms with van der Waals surface area (Å²) >= 11 is 4.87. The van der Waals surface area contributed by atoms with E-state index in [0.717, 1.165) is 22.7 Å². The van der Waals surface area contributed by atoms with Crippen LogP contribution < -0.4 is 5.73 Å². The summed E-state index contributed by atoms with van der Waals surface area (Å²) in [6.07, 6.45) is 1.36. The van der Waals surface area contributed by atoms with E-state index in [4.69, 9.17) is 5.73 Å². The highest BCUT2D eigenvalue weighted by molar-refractivity contribution is 9.10. The third-order valence-electron chi connectivity index (χ3n) is 2.62. The molecule has 0 fully saturated rings. The van der Waals surface area contributed by atoms with E-state index in [-0.39, 0.29) is 11.9 Å². The monoisotopic (exact) mass is 328 g/mol. The molecule has 1 heterocycles. The standard InChI is InChI=1S/C13H14BrFN2S/c1-8-7-18-12(17-8)6-10(16)5-9-3-2-4-11(15)13(9)14/h2-4,7,10H,5-6,16H2,1H3. The maximum Gasteiger partial charge on any atom is 0.137 e. The largest absolute Gasteiger partial charge is 0.327 e. The second kappa shape index (κ2) is 5.91. The first-order valence-corrected chi connectivity index (χ1v) is 7.33. The van der Waals surface area contributed by atoms with Gasteiger partial charge in [0.1, 0.15) is 5.82 Å². The van der Waals surface area contributed by atoms with Crippen LogP contribution in [0.1, 0.15) is 16.3 Å². The molecule has 0 aliphatic rings. The van der Waals surface area contributed by atoms with E-state index < -0.39 is 0 Å². The van der Waals surface area contributed by atoms with Crippen LogP contribution >= 0.6 is 27.3 Å². The van der Waals surface area contributed by atoms with Crippen molar-refractivity contribution >= 4 is 27.3 Å². The van der Waals surface area contributed by atoms with Crippen LogP contribution in [0.4, 0.5) is 4.39 Å². The molecule has 96 valence electrons. The first-order valence-electron chi connectivity index (χ1n) is 5.65. The Kier molecular flexibility index (Phi) is 4.48. The highest BCUT2D eigenvalue weighted by Gasteiger charge is 2.12. The Bertz CT molecular complexity index is 542. The predicted molar refractivity (Wildman–Crippen MR) is 76.3 cm³/mol. The fourth-order valence-electron chi connectivity index (χ4n) is 1.78. The molecule has 2 nitrogen and oxygen atoms in total. The van der Waals surface area contributed by atoms with Gasteiger partial charge in [-0.15, -0.1) is 11.3 Å². The van der Waals surface area contributed by atoms with Gasteiger partial charge in [0, 0.05) is 23.5 Å². The smallest absolute Gasteiger partial charge is 0.137 e. The third kappa shape index (κ3) is 3.37. The highest BCUT2D eigenvalue weighted by Crippen LogP contribution is 2.22. The highest BCUT2D eigenvalue weighted by atomic mass is 79.9. The van der Waals surface area contributed by atoms with Crippen LogP contribution in [-0.2, 0) is 12.8 Å². The van der Waals surface area contributed by atoms with Crippen LogP contribution in [0.25, 0.3) is 0 Å². The maximum atomic E-state index is 13.4. The Balaban J connectivity index is 2.03. The molecule has 0 bridgehead atoms. The van der Waals surface area contributed by atoms with E-state index in [9.17, 15) is 4.39 Å². The summed E-state index contributed by atoms with van der Waals surface area (Å²) in [5.41, 5.74) is 8.01. The minimum atomic E-state index is -0.246. The van der Waals surface area contributed by atoms with Crippen molar-refractivity contribution in [3.63, 3.8) is 0 Å². The maximum absolute atomic E-state index is 13.4. The fraction of sp³-hybridized carbons (Fsp3) is 0.308. The van der Waals surface area contributed by atoms with Gasteiger partial charge in [0.2, 0.25) is 0 Å². The van der Waals surface area contributed by atoms with Crippen LogP contribution in [0.15, 0.2) is 28.1 Å². The lowest BCUT2D eigenvalue weighted by molar-refractivity contribution is 0.610. The molecular formula is C13H14BrFN2S. The lowest BCUT2D eigenvalue weighted by Gasteiger charge is -2.11. The van der Waals surface area contributed by atoms with Crippen LogP contribution in [0.3, 0.4) is 0 Å². The lowest BCUT2D eigenvalue weighted by Crippen LogP contribution is -2.25. The van der Waals surface area contributed by atoms with Gasteiger partial charge < -0.3 is 5.73 Å². The van der Waals surface area contributed by atoms with Gasteiger partial charge in [0.05, 0.1) is 9.48 Å². The van der Waals surface area contributed by atoms with Crippen molar-refractivity contribution in [3.05, 3.63) is 50.1 Å². The Morgan fingerprint density at radius 3 is 2.89 bits per heavy atom. The van der Waals surface area contributed by atoms with Gasteiger partial charge in [-0.1, -0.05) is 12.1 Å². The van der Waals surface area contributed by atoms with Crippen molar-refractivity contribution in [2.45, 2.75) is 25.8 Å². The average Bonchev–Trinajstić information content (AvgIpc) is 2.70. The zero-order valence-electron chi connectivity index (χ0n) is 9.99. The molecule has 0 spiro atoms. The van der Waals surface area contributed by atoms with E-state index in [1.165, 1.54) is 6.07 Å². The van der Waals surface area contributed by atoms with E-state index in [1.807, 2.05) is 18.4 Å². The third-order valence-corrected chi connectivity index (χ3v) is 4.49. The summed E-state index contributed by atoms with van der Waals surface area (Å²) in [6.45, 7) is 1.97. The van der Waals surface area contributed by atoms with Crippen LogP contribution in [0.5, 0.6) is 0 Å². The Labute approximate surface area is 118 Å². The van der Waals surface area contributed by atoms with Gasteiger partial charge >= 0.3 is 0 Å². The number of hydrogen-bond donors (Lipinski definition) is 1. The molecule has 0 radical (unpaired) electrons. The van der Waals surface area contributed by atoms with E-state index in [2.05, 4.69) is 20.9 Å². The van der Waals surface area contributed by atoms with Gasteiger partial charge in [-0.2, -0.15) is 0 Å². The Morgan fingerprint density at radius 1 is 1.44 bits per heavy atom. The number of halogens is 2. The summed E-state index contributed by atoms with van der Waals surface area (Å²) < 4.78 is 13.9. The first kappa shape index (κ1) is 13.6. The topological polar surface area (TPSA) is 38.9 Å². The Hall–Kier alpha value is -0.780. The van der Waals surface area contributed by atoms with Gasteiger partial charge in [-0.25, -0.2) is 9.37 Å². The number of thiazole rings is 1. The van der Waals surface area contributed by atoms with Gasteiger partial charge in [-0.3, -0.25) is 0 Å². The molecule has 0 aliphatic heterocycles. The molecule has 0 amide bonds. The van der Waals surface area contributed by atoms with Crippen molar-refractivity contribution in [3.8, 4) is 0 Å². The van der Waals surface area contributed by atoms with Crippen LogP contribution in [0.2, 0.25) is 0 Å². The van der Waals surface area contributed by atoms with Crippen molar-refractivity contribution in [2.24, 2.45) is 5.73 Å².